The smallest absolute Gasteiger partial charge is 0.224 e. The number of carbonyl (C=O) groups excluding carboxylic acids is 1. The summed E-state index contributed by atoms with van der Waals surface area (Å²) in [5.41, 5.74) is 7.69. The van der Waals surface area contributed by atoms with Gasteiger partial charge >= 0.3 is 0 Å². The van der Waals surface area contributed by atoms with Gasteiger partial charge in [-0.2, -0.15) is 5.10 Å². The Bertz CT molecular complexity index is 1820. The summed E-state index contributed by atoms with van der Waals surface area (Å²) in [7, 11) is 0. The van der Waals surface area contributed by atoms with Crippen molar-refractivity contribution < 1.29 is 4.79 Å². The Balaban J connectivity index is 1.19. The molecule has 1 fully saturated rings. The van der Waals surface area contributed by atoms with Crippen LogP contribution < -0.4 is 5.32 Å². The Labute approximate surface area is 230 Å². The average Bonchev–Trinajstić information content (AvgIpc) is 3.62. The largest absolute Gasteiger partial charge is 0.335 e. The zero-order valence-electron chi connectivity index (χ0n) is 21.9. The molecule has 0 bridgehead atoms. The van der Waals surface area contributed by atoms with E-state index in [0.717, 1.165) is 51.5 Å². The van der Waals surface area contributed by atoms with Crippen LogP contribution in [0.5, 0.6) is 0 Å². The third kappa shape index (κ3) is 4.70. The molecule has 40 heavy (non-hydrogen) atoms. The standard InChI is InChI=1S/C31H28N8O/c40-27(14-19-4-2-1-3-5-19)35-23-15-22(17-33-18-23)21-6-7-26-25(16-21)29(39-38-26)31-36-28-24(10-13-34-30(28)37-31)20-8-11-32-12-9-20/h6-13,15-19H,1-5,14H2,(H,35,40)(H,38,39)(H,34,36,37). The predicted molar refractivity (Wildman–Crippen MR) is 155 cm³/mol. The van der Waals surface area contributed by atoms with Gasteiger partial charge in [-0.3, -0.25) is 19.9 Å². The van der Waals surface area contributed by atoms with Crippen LogP contribution in [-0.4, -0.2) is 41.0 Å². The minimum absolute atomic E-state index is 0.0584. The van der Waals surface area contributed by atoms with Gasteiger partial charge in [-0.25, -0.2) is 9.97 Å². The maximum absolute atomic E-state index is 12.7. The van der Waals surface area contributed by atoms with E-state index in [-0.39, 0.29) is 5.91 Å². The molecule has 0 saturated heterocycles. The van der Waals surface area contributed by atoms with Crippen LogP contribution in [0.2, 0.25) is 0 Å². The summed E-state index contributed by atoms with van der Waals surface area (Å²) < 4.78 is 0. The Morgan fingerprint density at radius 2 is 1.77 bits per heavy atom. The van der Waals surface area contributed by atoms with Crippen molar-refractivity contribution in [3.05, 3.63) is 73.4 Å². The van der Waals surface area contributed by atoms with Gasteiger partial charge < -0.3 is 10.3 Å². The first-order valence-corrected chi connectivity index (χ1v) is 13.7. The first-order chi connectivity index (χ1) is 19.7. The highest BCUT2D eigenvalue weighted by atomic mass is 16.1. The van der Waals surface area contributed by atoms with Crippen LogP contribution in [0, 0.1) is 5.92 Å². The maximum atomic E-state index is 12.7. The number of pyridine rings is 3. The Hall–Kier alpha value is -4.92. The van der Waals surface area contributed by atoms with Crippen LogP contribution in [0.25, 0.3) is 55.8 Å². The minimum atomic E-state index is 0.0584. The number of aromatic amines is 2. The monoisotopic (exact) mass is 528 g/mol. The molecular formula is C31H28N8O. The molecule has 1 aliphatic rings. The highest BCUT2D eigenvalue weighted by molar-refractivity contribution is 5.98. The number of anilines is 1. The summed E-state index contributed by atoms with van der Waals surface area (Å²) in [4.78, 5) is 33.9. The Morgan fingerprint density at radius 3 is 2.65 bits per heavy atom. The zero-order chi connectivity index (χ0) is 26.9. The summed E-state index contributed by atoms with van der Waals surface area (Å²) >= 11 is 0. The average molecular weight is 529 g/mol. The number of H-pyrrole nitrogens is 2. The van der Waals surface area contributed by atoms with Crippen molar-refractivity contribution in [2.45, 2.75) is 38.5 Å². The molecule has 1 aliphatic carbocycles. The van der Waals surface area contributed by atoms with E-state index in [0.29, 0.717) is 35.2 Å². The number of fused-ring (bicyclic) bond motifs is 2. The Morgan fingerprint density at radius 1 is 0.900 bits per heavy atom. The third-order valence-corrected chi connectivity index (χ3v) is 7.72. The quantitative estimate of drug-likeness (QED) is 0.226. The summed E-state index contributed by atoms with van der Waals surface area (Å²) in [5.74, 6) is 1.18. The van der Waals surface area contributed by atoms with Gasteiger partial charge in [-0.15, -0.1) is 0 Å². The predicted octanol–water partition coefficient (Wildman–Crippen LogP) is 6.53. The van der Waals surface area contributed by atoms with Gasteiger partial charge in [-0.05, 0) is 66.3 Å². The molecule has 1 aromatic carbocycles. The van der Waals surface area contributed by atoms with Crippen LogP contribution in [0.15, 0.2) is 73.4 Å². The fourth-order valence-corrected chi connectivity index (χ4v) is 5.70. The number of carbonyl (C=O) groups is 1. The number of nitrogens with zero attached hydrogens (tertiary/aromatic N) is 5. The molecule has 7 rings (SSSR count). The SMILES string of the molecule is O=C(CC1CCCCC1)Nc1cncc(-c2ccc3[nH]nc(-c4nc5nccc(-c6ccncc6)c5[nH]4)c3c2)c1. The topological polar surface area (TPSA) is 125 Å². The van der Waals surface area contributed by atoms with Crippen LogP contribution in [0.1, 0.15) is 38.5 Å². The van der Waals surface area contributed by atoms with Gasteiger partial charge in [0, 0.05) is 47.7 Å². The number of rotatable bonds is 6. The molecule has 3 N–H and O–H groups in total. The number of benzene rings is 1. The lowest BCUT2D eigenvalue weighted by molar-refractivity contribution is -0.117. The lowest BCUT2D eigenvalue weighted by Crippen LogP contribution is -2.18. The highest BCUT2D eigenvalue weighted by Crippen LogP contribution is 2.33. The second-order valence-corrected chi connectivity index (χ2v) is 10.4. The van der Waals surface area contributed by atoms with Gasteiger partial charge in [0.15, 0.2) is 11.5 Å². The van der Waals surface area contributed by atoms with E-state index in [1.807, 2.05) is 42.6 Å². The Kier molecular flexibility index (Phi) is 6.24. The molecule has 0 aliphatic heterocycles. The van der Waals surface area contributed by atoms with Crippen LogP contribution in [0.4, 0.5) is 5.69 Å². The van der Waals surface area contributed by atoms with Crippen molar-refractivity contribution in [1.82, 2.24) is 35.1 Å². The lowest BCUT2D eigenvalue weighted by Gasteiger charge is -2.20. The zero-order valence-corrected chi connectivity index (χ0v) is 21.9. The molecule has 5 aromatic heterocycles. The number of amides is 1. The van der Waals surface area contributed by atoms with Crippen molar-refractivity contribution in [2.75, 3.05) is 5.32 Å². The number of aromatic nitrogens is 7. The lowest BCUT2D eigenvalue weighted by atomic mass is 9.87. The number of nitrogens with one attached hydrogen (secondary N) is 3. The van der Waals surface area contributed by atoms with Gasteiger partial charge in [0.05, 0.1) is 22.9 Å². The molecule has 0 atom stereocenters. The molecule has 198 valence electrons. The molecule has 9 heteroatoms. The van der Waals surface area contributed by atoms with Crippen molar-refractivity contribution >= 4 is 33.7 Å². The number of hydrogen-bond donors (Lipinski definition) is 3. The van der Waals surface area contributed by atoms with Gasteiger partial charge in [-0.1, -0.05) is 25.3 Å². The van der Waals surface area contributed by atoms with Crippen LogP contribution >= 0.6 is 0 Å². The summed E-state index contributed by atoms with van der Waals surface area (Å²) in [6.45, 7) is 0. The fraction of sp³-hybridized carbons (Fsp3) is 0.226. The van der Waals surface area contributed by atoms with E-state index in [1.165, 1.54) is 19.3 Å². The first-order valence-electron chi connectivity index (χ1n) is 13.7. The van der Waals surface area contributed by atoms with E-state index in [9.17, 15) is 4.79 Å². The van der Waals surface area contributed by atoms with E-state index >= 15 is 0 Å². The van der Waals surface area contributed by atoms with Crippen molar-refractivity contribution in [1.29, 1.82) is 0 Å². The van der Waals surface area contributed by atoms with E-state index in [1.54, 1.807) is 24.8 Å². The van der Waals surface area contributed by atoms with Crippen molar-refractivity contribution in [3.63, 3.8) is 0 Å². The van der Waals surface area contributed by atoms with Crippen molar-refractivity contribution in [3.8, 4) is 33.8 Å². The second-order valence-electron chi connectivity index (χ2n) is 10.4. The van der Waals surface area contributed by atoms with Gasteiger partial charge in [0.1, 0.15) is 5.69 Å². The molecule has 1 amide bonds. The molecule has 1 saturated carbocycles. The molecule has 0 spiro atoms. The number of hydrogen-bond acceptors (Lipinski definition) is 6. The van der Waals surface area contributed by atoms with Crippen molar-refractivity contribution in [2.24, 2.45) is 5.92 Å². The third-order valence-electron chi connectivity index (χ3n) is 7.72. The number of imidazole rings is 1. The summed E-state index contributed by atoms with van der Waals surface area (Å²) in [6.07, 6.45) is 15.4. The molecule has 0 unspecified atom stereocenters. The normalized spacial score (nSPS) is 14.1. The molecule has 6 aromatic rings. The first kappa shape index (κ1) is 24.1. The van der Waals surface area contributed by atoms with Crippen LogP contribution in [-0.2, 0) is 4.79 Å². The molecule has 5 heterocycles. The summed E-state index contributed by atoms with van der Waals surface area (Å²) in [6, 6.07) is 14.0. The highest BCUT2D eigenvalue weighted by Gasteiger charge is 2.18. The van der Waals surface area contributed by atoms with E-state index < -0.39 is 0 Å². The second kappa shape index (κ2) is 10.3. The van der Waals surface area contributed by atoms with Gasteiger partial charge in [0.25, 0.3) is 0 Å². The van der Waals surface area contributed by atoms with Gasteiger partial charge in [0.2, 0.25) is 5.91 Å². The molecule has 0 radical (unpaired) electrons. The molecular weight excluding hydrogens is 500 g/mol. The van der Waals surface area contributed by atoms with E-state index in [2.05, 4.69) is 41.5 Å². The van der Waals surface area contributed by atoms with Crippen LogP contribution in [0.3, 0.4) is 0 Å². The minimum Gasteiger partial charge on any atom is -0.335 e. The maximum Gasteiger partial charge on any atom is 0.224 e. The van der Waals surface area contributed by atoms with E-state index in [4.69, 9.17) is 4.98 Å². The fourth-order valence-electron chi connectivity index (χ4n) is 5.70. The summed E-state index contributed by atoms with van der Waals surface area (Å²) in [5, 5.41) is 11.7. The molecule has 9 nitrogen and oxygen atoms in total.